The molecule has 3 atom stereocenters. The van der Waals surface area contributed by atoms with Gasteiger partial charge in [0, 0.05) is 0 Å². The second-order valence-electron chi connectivity index (χ2n) is 3.63. The predicted octanol–water partition coefficient (Wildman–Crippen LogP) is 1.51. The number of halogens is 1. The smallest absolute Gasteiger partial charge is 0.313 e. The maximum Gasteiger partial charge on any atom is 0.313 e. The average molecular weight is 312 g/mol. The molecule has 14 heavy (non-hydrogen) atoms. The van der Waals surface area contributed by atoms with Gasteiger partial charge in [-0.2, -0.15) is 0 Å². The van der Waals surface area contributed by atoms with Crippen molar-refractivity contribution in [1.29, 1.82) is 0 Å². The highest BCUT2D eigenvalue weighted by Crippen LogP contribution is 2.29. The van der Waals surface area contributed by atoms with Gasteiger partial charge in [-0.25, -0.2) is 0 Å². The second kappa shape index (κ2) is 4.46. The Morgan fingerprint density at radius 3 is 2.50 bits per heavy atom. The van der Waals surface area contributed by atoms with E-state index in [0.717, 1.165) is 0 Å². The lowest BCUT2D eigenvalue weighted by Crippen LogP contribution is -2.30. The summed E-state index contributed by atoms with van der Waals surface area (Å²) in [5.74, 6) is -1.13. The van der Waals surface area contributed by atoms with Gasteiger partial charge in [-0.05, 0) is 29.5 Å². The van der Waals surface area contributed by atoms with Crippen LogP contribution in [0, 0.1) is 11.8 Å². The molecule has 3 unspecified atom stereocenters. The van der Waals surface area contributed by atoms with E-state index >= 15 is 0 Å². The third-order valence-corrected chi connectivity index (χ3v) is 3.04. The lowest BCUT2D eigenvalue weighted by Gasteiger charge is -2.17. The number of carbonyl (C=O) groups excluding carboxylic acids is 2. The highest BCUT2D eigenvalue weighted by atomic mass is 127. The van der Waals surface area contributed by atoms with Crippen LogP contribution in [-0.4, -0.2) is 22.2 Å². The molecule has 5 heteroatoms. The van der Waals surface area contributed by atoms with E-state index in [1.54, 1.807) is 20.8 Å². The molecule has 0 aromatic carbocycles. The molecule has 80 valence electrons. The molecule has 0 bridgehead atoms. The van der Waals surface area contributed by atoms with Crippen molar-refractivity contribution in [3.63, 3.8) is 0 Å². The molecule has 0 aromatic rings. The van der Waals surface area contributed by atoms with Crippen LogP contribution in [0.25, 0.3) is 0 Å². The molecule has 0 spiro atoms. The Balaban J connectivity index is 2.60. The summed E-state index contributed by atoms with van der Waals surface area (Å²) in [7, 11) is 0. The van der Waals surface area contributed by atoms with Crippen molar-refractivity contribution in [1.82, 2.24) is 0 Å². The van der Waals surface area contributed by atoms with Crippen molar-refractivity contribution >= 4 is 34.5 Å². The van der Waals surface area contributed by atoms with E-state index in [9.17, 15) is 9.59 Å². The Morgan fingerprint density at radius 1 is 1.57 bits per heavy atom. The number of carbonyl (C=O) groups is 2. The van der Waals surface area contributed by atoms with E-state index in [-0.39, 0.29) is 27.9 Å². The fourth-order valence-electron chi connectivity index (χ4n) is 1.07. The molecule has 0 aliphatic carbocycles. The van der Waals surface area contributed by atoms with Crippen molar-refractivity contribution in [2.75, 3.05) is 0 Å². The molecule has 1 rings (SSSR count). The summed E-state index contributed by atoms with van der Waals surface area (Å²) >= 11 is 1.96. The van der Waals surface area contributed by atoms with E-state index in [1.165, 1.54) is 0 Å². The predicted molar refractivity (Wildman–Crippen MR) is 57.8 cm³/mol. The van der Waals surface area contributed by atoms with E-state index in [0.29, 0.717) is 0 Å². The zero-order valence-corrected chi connectivity index (χ0v) is 10.5. The number of esters is 2. The molecule has 4 nitrogen and oxygen atoms in total. The third kappa shape index (κ3) is 2.37. The Labute approximate surface area is 96.5 Å². The van der Waals surface area contributed by atoms with E-state index in [4.69, 9.17) is 9.47 Å². The first-order chi connectivity index (χ1) is 6.43. The van der Waals surface area contributed by atoms with Gasteiger partial charge in [0.25, 0.3) is 0 Å². The normalized spacial score (nSPS) is 31.8. The number of alkyl halides is 1. The maximum absolute atomic E-state index is 11.3. The van der Waals surface area contributed by atoms with Crippen LogP contribution in [0.1, 0.15) is 20.8 Å². The molecule has 0 N–H and O–H groups in total. The fourth-order valence-corrected chi connectivity index (χ4v) is 2.09. The molecule has 0 saturated carbocycles. The van der Waals surface area contributed by atoms with Gasteiger partial charge >= 0.3 is 11.9 Å². The van der Waals surface area contributed by atoms with Crippen LogP contribution in [0.2, 0.25) is 0 Å². The Hall–Kier alpha value is -0.330. The van der Waals surface area contributed by atoms with Gasteiger partial charge in [-0.15, -0.1) is 0 Å². The largest absolute Gasteiger partial charge is 0.456 e. The van der Waals surface area contributed by atoms with Gasteiger partial charge in [0.2, 0.25) is 0 Å². The van der Waals surface area contributed by atoms with Crippen molar-refractivity contribution in [2.24, 2.45) is 11.8 Å². The van der Waals surface area contributed by atoms with Crippen molar-refractivity contribution in [3.05, 3.63) is 0 Å². The quantitative estimate of drug-likeness (QED) is 0.441. The highest BCUT2D eigenvalue weighted by molar-refractivity contribution is 14.1. The molecule has 1 saturated heterocycles. The van der Waals surface area contributed by atoms with Gasteiger partial charge in [-0.3, -0.25) is 9.59 Å². The number of rotatable bonds is 2. The molecule has 0 radical (unpaired) electrons. The maximum atomic E-state index is 11.3. The summed E-state index contributed by atoms with van der Waals surface area (Å²) in [5.41, 5.74) is 0. The Morgan fingerprint density at radius 2 is 2.14 bits per heavy atom. The molecule has 1 fully saturated rings. The zero-order valence-electron chi connectivity index (χ0n) is 8.32. The van der Waals surface area contributed by atoms with Gasteiger partial charge in [-0.1, -0.05) is 13.8 Å². The Bertz CT molecular complexity index is 251. The second-order valence-corrected chi connectivity index (χ2v) is 4.86. The summed E-state index contributed by atoms with van der Waals surface area (Å²) in [4.78, 5) is 22.4. The minimum Gasteiger partial charge on any atom is -0.456 e. The summed E-state index contributed by atoms with van der Waals surface area (Å²) in [6, 6.07) is 0. The molecule has 0 aromatic heterocycles. The highest BCUT2D eigenvalue weighted by Gasteiger charge is 2.43. The average Bonchev–Trinajstić information content (AvgIpc) is 2.32. The summed E-state index contributed by atoms with van der Waals surface area (Å²) in [6.07, 6.45) is -0.446. The van der Waals surface area contributed by atoms with Crippen molar-refractivity contribution < 1.29 is 19.1 Å². The SMILES string of the molecule is CC(C)C(=O)OC1C(I)OC(=O)C1C. The third-order valence-electron chi connectivity index (χ3n) is 2.08. The first-order valence-corrected chi connectivity index (χ1v) is 5.73. The monoisotopic (exact) mass is 312 g/mol. The van der Waals surface area contributed by atoms with E-state index in [2.05, 4.69) is 0 Å². The fraction of sp³-hybridized carbons (Fsp3) is 0.778. The number of ether oxygens (including phenoxy) is 2. The molecular weight excluding hydrogens is 299 g/mol. The van der Waals surface area contributed by atoms with Crippen LogP contribution >= 0.6 is 22.6 Å². The molecular formula is C9H13IO4. The molecule has 1 heterocycles. The van der Waals surface area contributed by atoms with Crippen molar-refractivity contribution in [3.8, 4) is 0 Å². The summed E-state index contributed by atoms with van der Waals surface area (Å²) in [5, 5.41) is 0. The van der Waals surface area contributed by atoms with Crippen LogP contribution in [-0.2, 0) is 19.1 Å². The van der Waals surface area contributed by atoms with Crippen LogP contribution in [0.4, 0.5) is 0 Å². The zero-order chi connectivity index (χ0) is 10.9. The minimum atomic E-state index is -0.446. The van der Waals surface area contributed by atoms with Gasteiger partial charge in [0.05, 0.1) is 11.8 Å². The lowest BCUT2D eigenvalue weighted by atomic mass is 10.1. The number of hydrogen-bond donors (Lipinski definition) is 0. The van der Waals surface area contributed by atoms with Gasteiger partial charge in [0.15, 0.2) is 10.2 Å². The van der Waals surface area contributed by atoms with Gasteiger partial charge in [0.1, 0.15) is 0 Å². The van der Waals surface area contributed by atoms with Gasteiger partial charge < -0.3 is 9.47 Å². The lowest BCUT2D eigenvalue weighted by molar-refractivity contribution is -0.154. The standard InChI is InChI=1S/C9H13IO4/c1-4(2)8(11)13-6-5(3)9(12)14-7(6)10/h4-7H,1-3H3. The first-order valence-electron chi connectivity index (χ1n) is 4.48. The van der Waals surface area contributed by atoms with Crippen LogP contribution < -0.4 is 0 Å². The summed E-state index contributed by atoms with van der Waals surface area (Å²) < 4.78 is 9.75. The number of hydrogen-bond acceptors (Lipinski definition) is 4. The molecule has 1 aliphatic rings. The number of cyclic esters (lactones) is 1. The molecule has 1 aliphatic heterocycles. The van der Waals surface area contributed by atoms with Crippen LogP contribution in [0.3, 0.4) is 0 Å². The topological polar surface area (TPSA) is 52.6 Å². The van der Waals surface area contributed by atoms with Crippen molar-refractivity contribution in [2.45, 2.75) is 31.0 Å². The minimum absolute atomic E-state index is 0.179. The van der Waals surface area contributed by atoms with Crippen LogP contribution in [0.15, 0.2) is 0 Å². The van der Waals surface area contributed by atoms with Crippen LogP contribution in [0.5, 0.6) is 0 Å². The first kappa shape index (κ1) is 11.7. The Kier molecular flexibility index (Phi) is 3.74. The summed E-state index contributed by atoms with van der Waals surface area (Å²) in [6.45, 7) is 5.22. The van der Waals surface area contributed by atoms with E-state index < -0.39 is 6.10 Å². The molecule has 0 amide bonds. The van der Waals surface area contributed by atoms with E-state index in [1.807, 2.05) is 22.6 Å².